The number of aromatic nitrogens is 2. The molecule has 2 heterocycles. The maximum absolute atomic E-state index is 12.1. The Morgan fingerprint density at radius 2 is 1.31 bits per heavy atom. The smallest absolute Gasteiger partial charge is 0.271 e. The van der Waals surface area contributed by atoms with Gasteiger partial charge in [-0.05, 0) is 59.7 Å². The summed E-state index contributed by atoms with van der Waals surface area (Å²) in [5, 5.41) is 8.06. The van der Waals surface area contributed by atoms with Gasteiger partial charge < -0.3 is 0 Å². The Kier molecular flexibility index (Phi) is 5.77. The van der Waals surface area contributed by atoms with Crippen LogP contribution in [-0.4, -0.2) is 28.3 Å². The Labute approximate surface area is 150 Å². The molecule has 2 aromatic heterocycles. The minimum Gasteiger partial charge on any atom is -0.279 e. The molecule has 0 fully saturated rings. The molecule has 0 spiro atoms. The van der Waals surface area contributed by atoms with Crippen molar-refractivity contribution in [3.63, 3.8) is 0 Å². The number of amides is 1. The van der Waals surface area contributed by atoms with Gasteiger partial charge in [0, 0.05) is 30.4 Å². The Hall–Kier alpha value is -3.87. The minimum atomic E-state index is -0.290. The van der Waals surface area contributed by atoms with E-state index in [1.54, 1.807) is 73.6 Å². The fourth-order valence-corrected chi connectivity index (χ4v) is 2.01. The highest BCUT2D eigenvalue weighted by molar-refractivity contribution is 5.95. The number of nitrogens with zero attached hydrogens (tertiary/aromatic N) is 4. The summed E-state index contributed by atoms with van der Waals surface area (Å²) in [6.07, 6.45) is 9.97. The number of anilines is 1. The van der Waals surface area contributed by atoms with Crippen molar-refractivity contribution in [2.75, 3.05) is 5.43 Å². The standard InChI is InChI=1S/C19H16N6O/c26-19(25-23-14-16-7-11-21-12-8-16)17-1-3-18(4-2-17)24-22-13-15-5-9-20-10-6-15/h1-14,24H,(H,25,26)/b22-13+,23-14+. The topological polar surface area (TPSA) is 91.6 Å². The van der Waals surface area contributed by atoms with Gasteiger partial charge in [-0.25, -0.2) is 5.43 Å². The van der Waals surface area contributed by atoms with E-state index in [0.29, 0.717) is 5.56 Å². The van der Waals surface area contributed by atoms with Crippen LogP contribution in [-0.2, 0) is 0 Å². The average molecular weight is 344 g/mol. The minimum absolute atomic E-state index is 0.290. The molecule has 2 N–H and O–H groups in total. The fraction of sp³-hybridized carbons (Fsp3) is 0. The molecule has 26 heavy (non-hydrogen) atoms. The van der Waals surface area contributed by atoms with Gasteiger partial charge in [-0.3, -0.25) is 20.2 Å². The number of carbonyl (C=O) groups excluding carboxylic acids is 1. The highest BCUT2D eigenvalue weighted by Gasteiger charge is 2.03. The largest absolute Gasteiger partial charge is 0.279 e. The first-order chi connectivity index (χ1) is 12.8. The summed E-state index contributed by atoms with van der Waals surface area (Å²) in [5.41, 5.74) is 8.46. The van der Waals surface area contributed by atoms with Crippen LogP contribution < -0.4 is 10.9 Å². The van der Waals surface area contributed by atoms with E-state index in [4.69, 9.17) is 0 Å². The number of hydrogen-bond acceptors (Lipinski definition) is 6. The van der Waals surface area contributed by atoms with Crippen LogP contribution in [0.4, 0.5) is 5.69 Å². The number of nitrogens with one attached hydrogen (secondary N) is 2. The third-order valence-corrected chi connectivity index (χ3v) is 3.35. The van der Waals surface area contributed by atoms with E-state index in [1.807, 2.05) is 12.1 Å². The highest BCUT2D eigenvalue weighted by Crippen LogP contribution is 2.09. The van der Waals surface area contributed by atoms with Gasteiger partial charge in [0.15, 0.2) is 0 Å². The first-order valence-corrected chi connectivity index (χ1v) is 7.84. The predicted molar refractivity (Wildman–Crippen MR) is 101 cm³/mol. The van der Waals surface area contributed by atoms with Gasteiger partial charge in [0.25, 0.3) is 5.91 Å². The lowest BCUT2D eigenvalue weighted by molar-refractivity contribution is 0.0955. The normalized spacial score (nSPS) is 10.9. The summed E-state index contributed by atoms with van der Waals surface area (Å²) in [4.78, 5) is 19.9. The summed E-state index contributed by atoms with van der Waals surface area (Å²) in [5.74, 6) is -0.290. The molecule has 1 amide bonds. The van der Waals surface area contributed by atoms with Crippen LogP contribution >= 0.6 is 0 Å². The van der Waals surface area contributed by atoms with Crippen LogP contribution in [0.5, 0.6) is 0 Å². The first-order valence-electron chi connectivity index (χ1n) is 7.84. The molecule has 0 aliphatic carbocycles. The highest BCUT2D eigenvalue weighted by atomic mass is 16.2. The molecule has 0 unspecified atom stereocenters. The van der Waals surface area contributed by atoms with Gasteiger partial charge in [-0.1, -0.05) is 0 Å². The van der Waals surface area contributed by atoms with Crippen molar-refractivity contribution < 1.29 is 4.79 Å². The molecule has 1 aromatic carbocycles. The first kappa shape index (κ1) is 17.0. The molecule has 3 aromatic rings. The van der Waals surface area contributed by atoms with E-state index in [2.05, 4.69) is 31.0 Å². The van der Waals surface area contributed by atoms with Crippen molar-refractivity contribution in [2.45, 2.75) is 0 Å². The lowest BCUT2D eigenvalue weighted by Gasteiger charge is -2.03. The van der Waals surface area contributed by atoms with Gasteiger partial charge in [-0.2, -0.15) is 10.2 Å². The molecule has 128 valence electrons. The van der Waals surface area contributed by atoms with E-state index in [1.165, 1.54) is 0 Å². The van der Waals surface area contributed by atoms with Crippen LogP contribution in [0.3, 0.4) is 0 Å². The van der Waals surface area contributed by atoms with Crippen LogP contribution in [0.25, 0.3) is 0 Å². The van der Waals surface area contributed by atoms with E-state index in [9.17, 15) is 4.79 Å². The maximum atomic E-state index is 12.1. The van der Waals surface area contributed by atoms with Crippen molar-refractivity contribution in [3.8, 4) is 0 Å². The summed E-state index contributed by atoms with van der Waals surface area (Å²) in [6.45, 7) is 0. The van der Waals surface area contributed by atoms with Crippen molar-refractivity contribution >= 4 is 24.0 Å². The van der Waals surface area contributed by atoms with Crippen molar-refractivity contribution in [3.05, 3.63) is 90.0 Å². The zero-order chi connectivity index (χ0) is 18.0. The summed E-state index contributed by atoms with van der Waals surface area (Å²) >= 11 is 0. The van der Waals surface area contributed by atoms with E-state index in [0.717, 1.165) is 16.8 Å². The second kappa shape index (κ2) is 8.84. The lowest BCUT2D eigenvalue weighted by Crippen LogP contribution is -2.17. The van der Waals surface area contributed by atoms with Gasteiger partial charge in [0.05, 0.1) is 18.1 Å². The molecule has 0 saturated heterocycles. The average Bonchev–Trinajstić information content (AvgIpc) is 2.70. The Morgan fingerprint density at radius 1 is 0.769 bits per heavy atom. The molecular weight excluding hydrogens is 328 g/mol. The Bertz CT molecular complexity index is 892. The van der Waals surface area contributed by atoms with Crippen LogP contribution in [0, 0.1) is 0 Å². The summed E-state index contributed by atoms with van der Waals surface area (Å²) in [7, 11) is 0. The molecule has 7 heteroatoms. The SMILES string of the molecule is O=C(N/N=C/c1ccncc1)c1ccc(N/N=C/c2ccncc2)cc1. The molecule has 3 rings (SSSR count). The van der Waals surface area contributed by atoms with E-state index < -0.39 is 0 Å². The number of rotatable bonds is 6. The lowest BCUT2D eigenvalue weighted by atomic mass is 10.2. The predicted octanol–water partition coefficient (Wildman–Crippen LogP) is 2.69. The number of hydrazone groups is 2. The van der Waals surface area contributed by atoms with Gasteiger partial charge in [0.1, 0.15) is 0 Å². The molecule has 0 saturated carbocycles. The number of pyridine rings is 2. The van der Waals surface area contributed by atoms with Crippen LogP contribution in [0.1, 0.15) is 21.5 Å². The van der Waals surface area contributed by atoms with Crippen molar-refractivity contribution in [2.24, 2.45) is 10.2 Å². The van der Waals surface area contributed by atoms with Gasteiger partial charge >= 0.3 is 0 Å². The second-order valence-corrected chi connectivity index (χ2v) is 5.21. The molecule has 0 aliphatic rings. The van der Waals surface area contributed by atoms with E-state index in [-0.39, 0.29) is 5.91 Å². The molecule has 0 radical (unpaired) electrons. The Balaban J connectivity index is 1.52. The van der Waals surface area contributed by atoms with Crippen molar-refractivity contribution in [1.82, 2.24) is 15.4 Å². The molecule has 0 aliphatic heterocycles. The monoisotopic (exact) mass is 344 g/mol. The van der Waals surface area contributed by atoms with Crippen LogP contribution in [0.2, 0.25) is 0 Å². The molecule has 7 nitrogen and oxygen atoms in total. The molecular formula is C19H16N6O. The zero-order valence-corrected chi connectivity index (χ0v) is 13.8. The summed E-state index contributed by atoms with van der Waals surface area (Å²) < 4.78 is 0. The van der Waals surface area contributed by atoms with Gasteiger partial charge in [0.2, 0.25) is 0 Å². The van der Waals surface area contributed by atoms with Crippen LogP contribution in [0.15, 0.2) is 83.5 Å². The van der Waals surface area contributed by atoms with Crippen molar-refractivity contribution in [1.29, 1.82) is 0 Å². The summed E-state index contributed by atoms with van der Waals surface area (Å²) in [6, 6.07) is 14.2. The zero-order valence-electron chi connectivity index (χ0n) is 13.8. The quantitative estimate of drug-likeness (QED) is 0.531. The Morgan fingerprint density at radius 3 is 1.88 bits per heavy atom. The second-order valence-electron chi connectivity index (χ2n) is 5.21. The van der Waals surface area contributed by atoms with Gasteiger partial charge in [-0.15, -0.1) is 0 Å². The number of carbonyl (C=O) groups is 1. The third-order valence-electron chi connectivity index (χ3n) is 3.35. The third kappa shape index (κ3) is 5.07. The number of hydrogen-bond donors (Lipinski definition) is 2. The molecule has 0 bridgehead atoms. The van der Waals surface area contributed by atoms with E-state index >= 15 is 0 Å². The number of benzene rings is 1. The molecule has 0 atom stereocenters. The maximum Gasteiger partial charge on any atom is 0.271 e. The fourth-order valence-electron chi connectivity index (χ4n) is 2.01.